The molecule has 0 fully saturated rings. The van der Waals surface area contributed by atoms with Crippen LogP contribution >= 0.6 is 23.5 Å². The van der Waals surface area contributed by atoms with Gasteiger partial charge in [-0.2, -0.15) is 43.9 Å². The number of thioether (sulfide) groups is 2. The SMILES string of the molecule is O=C(COc1ccc(SC(F)(F)F)cc1[N+](=O)[O-])Nc1ccccc1SC(F)(F)C(F)(F)C(F)(F)F. The maximum Gasteiger partial charge on any atom is 0.460 e. The standard InChI is InChI=1S/C18H10F10N2O4S2/c19-15(20,16(21,22)23)17(24,25)36-13-4-2-1-3-10(13)29-14(31)8-34-12-6-5-9(35-18(26,27)28)7-11(12)30(32)33/h1-7H,8H2,(H,29,31). The highest BCUT2D eigenvalue weighted by Gasteiger charge is 2.73. The molecule has 1 N–H and O–H groups in total. The van der Waals surface area contributed by atoms with Crippen LogP contribution in [0.25, 0.3) is 0 Å². The number of nitrogens with zero attached hydrogens (tertiary/aromatic N) is 1. The summed E-state index contributed by atoms with van der Waals surface area (Å²) in [5, 5.41) is 7.37. The van der Waals surface area contributed by atoms with Crippen LogP contribution in [0, 0.1) is 10.1 Å². The molecule has 1 amide bonds. The molecule has 0 bridgehead atoms. The zero-order valence-corrected chi connectivity index (χ0v) is 18.6. The van der Waals surface area contributed by atoms with E-state index in [1.807, 2.05) is 5.32 Å². The van der Waals surface area contributed by atoms with Crippen LogP contribution in [0.1, 0.15) is 0 Å². The second-order valence-corrected chi connectivity index (χ2v) is 8.75. The number of halogens is 10. The summed E-state index contributed by atoms with van der Waals surface area (Å²) in [6, 6.07) is 5.87. The maximum atomic E-state index is 13.7. The number of rotatable bonds is 9. The van der Waals surface area contributed by atoms with Crippen molar-refractivity contribution in [1.29, 1.82) is 0 Å². The fourth-order valence-electron chi connectivity index (χ4n) is 2.31. The first kappa shape index (κ1) is 29.3. The normalized spacial score (nSPS) is 12.8. The van der Waals surface area contributed by atoms with Gasteiger partial charge in [0.15, 0.2) is 12.4 Å². The van der Waals surface area contributed by atoms with E-state index in [4.69, 9.17) is 4.74 Å². The summed E-state index contributed by atoms with van der Waals surface area (Å²) in [7, 11) is 0. The Morgan fingerprint density at radius 1 is 0.944 bits per heavy atom. The highest BCUT2D eigenvalue weighted by atomic mass is 32.2. The summed E-state index contributed by atoms with van der Waals surface area (Å²) in [6.45, 7) is -1.07. The summed E-state index contributed by atoms with van der Waals surface area (Å²) < 4.78 is 133. The number of benzene rings is 2. The van der Waals surface area contributed by atoms with Gasteiger partial charge in [-0.25, -0.2) is 0 Å². The summed E-state index contributed by atoms with van der Waals surface area (Å²) in [5.41, 5.74) is -6.30. The second-order valence-electron chi connectivity index (χ2n) is 6.46. The van der Waals surface area contributed by atoms with Gasteiger partial charge in [-0.3, -0.25) is 14.9 Å². The number of ether oxygens (including phenoxy) is 1. The van der Waals surface area contributed by atoms with Crippen LogP contribution in [-0.2, 0) is 4.79 Å². The molecular formula is C18H10F10N2O4S2. The molecule has 0 saturated heterocycles. The van der Waals surface area contributed by atoms with Gasteiger partial charge in [-0.05, 0) is 47.8 Å². The van der Waals surface area contributed by atoms with E-state index in [1.54, 1.807) is 0 Å². The highest BCUT2D eigenvalue weighted by molar-refractivity contribution is 8.00. The highest BCUT2D eigenvalue weighted by Crippen LogP contribution is 2.54. The molecule has 0 saturated carbocycles. The Balaban J connectivity index is 2.16. The first-order valence-corrected chi connectivity index (χ1v) is 10.5. The minimum atomic E-state index is -6.57. The summed E-state index contributed by atoms with van der Waals surface area (Å²) in [6.07, 6.45) is -6.57. The fourth-order valence-corrected chi connectivity index (χ4v) is 3.78. The van der Waals surface area contributed by atoms with Crippen molar-refractivity contribution in [1.82, 2.24) is 0 Å². The monoisotopic (exact) mass is 572 g/mol. The van der Waals surface area contributed by atoms with Crippen molar-refractivity contribution in [3.8, 4) is 5.75 Å². The van der Waals surface area contributed by atoms with E-state index in [-0.39, 0.29) is 0 Å². The van der Waals surface area contributed by atoms with Crippen LogP contribution in [0.4, 0.5) is 55.3 Å². The molecule has 0 aliphatic heterocycles. The van der Waals surface area contributed by atoms with Crippen molar-refractivity contribution in [2.75, 3.05) is 11.9 Å². The van der Waals surface area contributed by atoms with E-state index in [0.717, 1.165) is 36.4 Å². The average molecular weight is 572 g/mol. The predicted molar refractivity (Wildman–Crippen MR) is 107 cm³/mol. The van der Waals surface area contributed by atoms with E-state index in [9.17, 15) is 58.8 Å². The van der Waals surface area contributed by atoms with Crippen molar-refractivity contribution < 1.29 is 58.4 Å². The summed E-state index contributed by atoms with van der Waals surface area (Å²) in [5.74, 6) is -8.27. The molecule has 198 valence electrons. The third kappa shape index (κ3) is 7.31. The molecule has 0 aliphatic carbocycles. The third-order valence-corrected chi connectivity index (χ3v) is 5.65. The molecule has 18 heteroatoms. The van der Waals surface area contributed by atoms with E-state index >= 15 is 0 Å². The van der Waals surface area contributed by atoms with Crippen LogP contribution < -0.4 is 10.1 Å². The van der Waals surface area contributed by atoms with Gasteiger partial charge in [0, 0.05) is 15.9 Å². The third-order valence-electron chi connectivity index (χ3n) is 3.84. The molecule has 0 radical (unpaired) electrons. The van der Waals surface area contributed by atoms with Gasteiger partial charge in [0.05, 0.1) is 10.6 Å². The van der Waals surface area contributed by atoms with E-state index in [0.29, 0.717) is 6.07 Å². The van der Waals surface area contributed by atoms with Crippen LogP contribution in [0.2, 0.25) is 0 Å². The number of carbonyl (C=O) groups excluding carboxylic acids is 1. The fraction of sp³-hybridized carbons (Fsp3) is 0.278. The minimum Gasteiger partial charge on any atom is -0.477 e. The van der Waals surface area contributed by atoms with Crippen molar-refractivity contribution in [3.63, 3.8) is 0 Å². The number of anilines is 1. The van der Waals surface area contributed by atoms with Gasteiger partial charge < -0.3 is 10.1 Å². The number of carbonyl (C=O) groups is 1. The Kier molecular flexibility index (Phi) is 8.65. The largest absolute Gasteiger partial charge is 0.477 e. The molecule has 0 atom stereocenters. The second kappa shape index (κ2) is 10.6. The molecule has 2 aromatic carbocycles. The van der Waals surface area contributed by atoms with Crippen LogP contribution in [0.15, 0.2) is 52.3 Å². The molecule has 6 nitrogen and oxygen atoms in total. The Bertz CT molecular complexity index is 1130. The first-order valence-electron chi connectivity index (χ1n) is 8.91. The maximum absolute atomic E-state index is 13.7. The number of alkyl halides is 10. The van der Waals surface area contributed by atoms with Crippen LogP contribution in [0.5, 0.6) is 5.75 Å². The Hall–Kier alpha value is -2.89. The number of hydrogen-bond acceptors (Lipinski definition) is 6. The lowest BCUT2D eigenvalue weighted by molar-refractivity contribution is -0.386. The molecule has 0 aliphatic rings. The van der Waals surface area contributed by atoms with Crippen molar-refractivity contribution in [2.24, 2.45) is 0 Å². The molecule has 0 heterocycles. The molecule has 0 unspecified atom stereocenters. The van der Waals surface area contributed by atoms with E-state index in [2.05, 4.69) is 0 Å². The first-order chi connectivity index (χ1) is 16.3. The molecule has 36 heavy (non-hydrogen) atoms. The number of para-hydroxylation sites is 1. The van der Waals surface area contributed by atoms with Crippen molar-refractivity contribution in [2.45, 2.75) is 32.7 Å². The Morgan fingerprint density at radius 2 is 1.56 bits per heavy atom. The number of hydrogen-bond donors (Lipinski definition) is 1. The smallest absolute Gasteiger partial charge is 0.460 e. The van der Waals surface area contributed by atoms with Crippen LogP contribution in [0.3, 0.4) is 0 Å². The average Bonchev–Trinajstić information content (AvgIpc) is 2.71. The number of nitrogens with one attached hydrogen (secondary N) is 1. The molecular weight excluding hydrogens is 562 g/mol. The number of nitro benzene ring substituents is 1. The van der Waals surface area contributed by atoms with Crippen LogP contribution in [-0.4, -0.2) is 40.3 Å². The van der Waals surface area contributed by atoms with Gasteiger partial charge in [-0.15, -0.1) is 0 Å². The van der Waals surface area contributed by atoms with Gasteiger partial charge >= 0.3 is 28.5 Å². The minimum absolute atomic E-state index is 0.528. The molecule has 2 aromatic rings. The van der Waals surface area contributed by atoms with Crippen molar-refractivity contribution in [3.05, 3.63) is 52.6 Å². The molecule has 0 spiro atoms. The Labute approximate surface area is 202 Å². The predicted octanol–water partition coefficient (Wildman–Crippen LogP) is 7.11. The lowest BCUT2D eigenvalue weighted by Gasteiger charge is -2.28. The van der Waals surface area contributed by atoms with Gasteiger partial charge in [0.25, 0.3) is 5.91 Å². The lowest BCUT2D eigenvalue weighted by atomic mass is 10.3. The zero-order valence-electron chi connectivity index (χ0n) is 16.9. The molecule has 2 rings (SSSR count). The quantitative estimate of drug-likeness (QED) is 0.149. The Morgan fingerprint density at radius 3 is 2.11 bits per heavy atom. The lowest BCUT2D eigenvalue weighted by Crippen LogP contribution is -2.49. The van der Waals surface area contributed by atoms with Gasteiger partial charge in [0.1, 0.15) is 0 Å². The van der Waals surface area contributed by atoms with E-state index in [1.165, 1.54) is 0 Å². The van der Waals surface area contributed by atoms with Crippen molar-refractivity contribution >= 4 is 40.8 Å². The summed E-state index contributed by atoms with van der Waals surface area (Å²) in [4.78, 5) is 20.7. The summed E-state index contributed by atoms with van der Waals surface area (Å²) >= 11 is -1.82. The molecule has 0 aromatic heterocycles. The number of amides is 1. The van der Waals surface area contributed by atoms with Gasteiger partial charge in [0.2, 0.25) is 0 Å². The topological polar surface area (TPSA) is 81.5 Å². The number of nitro groups is 1. The zero-order chi connectivity index (χ0) is 27.5. The van der Waals surface area contributed by atoms with Gasteiger partial charge in [-0.1, -0.05) is 12.1 Å². The van der Waals surface area contributed by atoms with E-state index < -0.39 is 90.7 Å².